The number of hydrogen-bond acceptors (Lipinski definition) is 18. The lowest BCUT2D eigenvalue weighted by Crippen LogP contribution is -3.00. The lowest BCUT2D eigenvalue weighted by Gasteiger charge is -2.05. The van der Waals surface area contributed by atoms with Crippen molar-refractivity contribution >= 4 is 35.3 Å². The molecule has 0 aliphatic rings. The number of unbranched alkanes of at least 4 members (excludes halogenated alkanes) is 24. The molecule has 27 nitrogen and oxygen atoms in total. The molecule has 0 radical (unpaired) electrons. The van der Waals surface area contributed by atoms with E-state index >= 15 is 0 Å². The van der Waals surface area contributed by atoms with E-state index in [2.05, 4.69) is 73.2 Å². The molecule has 0 saturated carbocycles. The summed E-state index contributed by atoms with van der Waals surface area (Å²) in [6, 6.07) is 12.2. The molecule has 564 valence electrons. The van der Waals surface area contributed by atoms with Crippen LogP contribution >= 0.6 is 0 Å². The summed E-state index contributed by atoms with van der Waals surface area (Å²) >= 11 is 0. The second-order valence-corrected chi connectivity index (χ2v) is 24.1. The number of nitrogens with zero attached hydrogens (tertiary/aromatic N) is 12. The van der Waals surface area contributed by atoms with Crippen LogP contribution in [0.1, 0.15) is 234 Å². The second kappa shape index (κ2) is 52.6. The van der Waals surface area contributed by atoms with Gasteiger partial charge in [-0.2, -0.15) is 0 Å². The summed E-state index contributed by atoms with van der Waals surface area (Å²) in [6.07, 6.45) is 34.2. The predicted octanol–water partition coefficient (Wildman–Crippen LogP) is -8.11. The Morgan fingerprint density at radius 3 is 0.465 bits per heavy atom. The van der Waals surface area contributed by atoms with Gasteiger partial charge >= 0.3 is 69.5 Å². The van der Waals surface area contributed by atoms with Gasteiger partial charge in [0.15, 0.2) is 39.3 Å². The Morgan fingerprint density at radius 2 is 0.343 bits per heavy atom. The summed E-state index contributed by atoms with van der Waals surface area (Å²) in [4.78, 5) is 0. The summed E-state index contributed by atoms with van der Waals surface area (Å²) < 4.78 is 44.2. The average Bonchev–Trinajstić information content (AvgIpc) is 1.70. The van der Waals surface area contributed by atoms with Crippen LogP contribution in [0.5, 0.6) is 0 Å². The molecule has 0 bridgehead atoms. The maximum atomic E-state index is 6.42. The minimum Gasteiger partial charge on any atom is -1.00 e. The molecular weight excluding hydrogens is 1400 g/mol. The zero-order valence-electron chi connectivity index (χ0n) is 59.0. The highest BCUT2D eigenvalue weighted by atomic mass is 35.5. The van der Waals surface area contributed by atoms with Crippen LogP contribution in [0, 0.1) is 0 Å². The van der Waals surface area contributed by atoms with E-state index in [4.69, 9.17) is 61.5 Å². The number of nitrogens with two attached hydrogens (primary N) is 6. The van der Waals surface area contributed by atoms with Crippen LogP contribution in [0.4, 0.5) is 35.3 Å². The van der Waals surface area contributed by atoms with Gasteiger partial charge in [0, 0.05) is 38.5 Å². The summed E-state index contributed by atoms with van der Waals surface area (Å²) in [5.74, 6) is 1.48. The zero-order valence-corrected chi connectivity index (χ0v) is 63.5. The van der Waals surface area contributed by atoms with Crippen molar-refractivity contribution in [1.82, 2.24) is 31.6 Å². The molecule has 8 rings (SSSR count). The Labute approximate surface area is 621 Å². The first kappa shape index (κ1) is 96.9. The van der Waals surface area contributed by atoms with Gasteiger partial charge in [0.25, 0.3) is 0 Å². The lowest BCUT2D eigenvalue weighted by atomic mass is 9.99. The van der Waals surface area contributed by atoms with Gasteiger partial charge in [-0.05, 0) is 103 Å². The predicted molar refractivity (Wildman–Crippen MR) is 357 cm³/mol. The molecule has 8 aromatic rings. The quantitative estimate of drug-likeness (QED) is 0.0153. The highest BCUT2D eigenvalue weighted by Gasteiger charge is 2.36. The van der Waals surface area contributed by atoms with E-state index in [1.807, 2.05) is 64.5 Å². The van der Waals surface area contributed by atoms with Gasteiger partial charge in [-0.1, -0.05) is 157 Å². The number of aromatic nitrogens is 12. The molecule has 0 unspecified atom stereocenters. The van der Waals surface area contributed by atoms with Gasteiger partial charge in [0.1, 0.15) is 0 Å². The van der Waals surface area contributed by atoms with Crippen molar-refractivity contribution in [2.45, 2.75) is 273 Å². The third kappa shape index (κ3) is 28.2. The van der Waals surface area contributed by atoms with Gasteiger partial charge in [-0.15, -0.1) is 0 Å². The Hall–Kier alpha value is -6.30. The minimum atomic E-state index is 0. The number of benzene rings is 2. The van der Waals surface area contributed by atoms with E-state index in [1.165, 1.54) is 116 Å². The molecule has 99 heavy (non-hydrogen) atoms. The highest BCUT2D eigenvalue weighted by molar-refractivity contribution is 5.83. The van der Waals surface area contributed by atoms with Crippen LogP contribution in [0.15, 0.2) is 63.5 Å². The average molecular weight is 1520 g/mol. The van der Waals surface area contributed by atoms with Crippen molar-refractivity contribution in [1.29, 1.82) is 0 Å². The highest BCUT2D eigenvalue weighted by Crippen LogP contribution is 2.37. The number of aryl methyl sites for hydroxylation is 6. The zero-order chi connectivity index (χ0) is 64.0. The Balaban J connectivity index is -0.00000171. The summed E-state index contributed by atoms with van der Waals surface area (Å²) in [5.41, 5.74) is 47.7. The minimum absolute atomic E-state index is 0. The van der Waals surface area contributed by atoms with Gasteiger partial charge in [0.2, 0.25) is 31.6 Å². The third-order valence-electron chi connectivity index (χ3n) is 16.7. The summed E-state index contributed by atoms with van der Waals surface area (Å²) in [5, 5.41) is 25.7. The molecule has 0 saturated heterocycles. The number of anilines is 6. The molecule has 33 heteroatoms. The van der Waals surface area contributed by atoms with Crippen molar-refractivity contribution < 1.29 is 146 Å². The topological polar surface area (TPSA) is 430 Å². The van der Waals surface area contributed by atoms with Gasteiger partial charge in [-0.3, -0.25) is 27.1 Å². The molecule has 0 aliphatic heterocycles. The van der Waals surface area contributed by atoms with Crippen molar-refractivity contribution in [2.24, 2.45) is 0 Å². The van der Waals surface area contributed by atoms with Crippen LogP contribution < -0.4 is 137 Å². The van der Waals surface area contributed by atoms with E-state index < -0.39 is 0 Å². The molecular formula is C66H114Cl6N18O9. The fraction of sp³-hybridized carbons (Fsp3) is 0.636. The van der Waals surface area contributed by atoms with E-state index in [-0.39, 0.29) is 126 Å². The van der Waals surface area contributed by atoms with Gasteiger partial charge in [-0.25, -0.2) is 0 Å². The first-order chi connectivity index (χ1) is 44.0. The van der Waals surface area contributed by atoms with Crippen molar-refractivity contribution in [2.75, 3.05) is 34.4 Å². The van der Waals surface area contributed by atoms with E-state index in [9.17, 15) is 0 Å². The molecule has 0 spiro atoms. The molecule has 0 atom stereocenters. The van der Waals surface area contributed by atoms with Crippen molar-refractivity contribution in [3.8, 4) is 67.5 Å². The second-order valence-electron chi connectivity index (χ2n) is 24.1. The molecule has 0 aliphatic carbocycles. The molecule has 6 heterocycles. The number of rotatable bonds is 42. The maximum Gasteiger partial charge on any atom is 0.304 e. The standard InChI is InChI=1S/2C33H54N9O3.6ClH.3H2O/c2*1-4-7-10-13-16-19-40-28(31(34)43-37-40)25-22-26(29-32(35)44-38-41(29)20-17-14-11-8-5-2)24-27(23-25)30-33(36)45-39-42(30)21-18-15-12-9-6-3;;;;;;;;;/h2*22-24H,4-21,34-36H2,1-3H3;6*1H;3*1H2/q2*+3;;;;;;;;;/p-6. The largest absolute Gasteiger partial charge is 1.00 e. The van der Waals surface area contributed by atoms with Crippen LogP contribution in [0.3, 0.4) is 0 Å². The Bertz CT molecular complexity index is 2810. The van der Waals surface area contributed by atoms with Crippen molar-refractivity contribution in [3.63, 3.8) is 0 Å². The Kier molecular flexibility index (Phi) is 51.5. The number of nitrogen functional groups attached to an aromatic ring is 6. The molecule has 18 N–H and O–H groups in total. The lowest BCUT2D eigenvalue weighted by molar-refractivity contribution is -0.753. The molecule has 2 aromatic carbocycles. The molecule has 0 amide bonds. The molecule has 0 fully saturated rings. The van der Waals surface area contributed by atoms with Crippen LogP contribution in [-0.2, 0) is 39.3 Å². The van der Waals surface area contributed by atoms with Gasteiger partial charge < -0.3 is 125 Å². The summed E-state index contributed by atoms with van der Waals surface area (Å²) in [7, 11) is 0. The van der Waals surface area contributed by atoms with E-state index in [0.29, 0.717) is 73.4 Å². The van der Waals surface area contributed by atoms with Gasteiger partial charge in [0.05, 0.1) is 33.4 Å². The Morgan fingerprint density at radius 1 is 0.222 bits per heavy atom. The molecule has 6 aromatic heterocycles. The first-order valence-electron chi connectivity index (χ1n) is 34.2. The van der Waals surface area contributed by atoms with Crippen LogP contribution in [0.25, 0.3) is 67.5 Å². The normalized spacial score (nSPS) is 10.5. The third-order valence-corrected chi connectivity index (χ3v) is 16.7. The van der Waals surface area contributed by atoms with Crippen molar-refractivity contribution in [3.05, 3.63) is 36.4 Å². The van der Waals surface area contributed by atoms with Crippen LogP contribution in [-0.4, -0.2) is 48.1 Å². The first-order valence-corrected chi connectivity index (χ1v) is 34.2. The van der Waals surface area contributed by atoms with E-state index in [0.717, 1.165) is 110 Å². The fourth-order valence-electron chi connectivity index (χ4n) is 11.8. The number of halogens is 6. The maximum absolute atomic E-state index is 6.42. The monoisotopic (exact) mass is 1510 g/mol. The van der Waals surface area contributed by atoms with E-state index in [1.54, 1.807) is 0 Å². The summed E-state index contributed by atoms with van der Waals surface area (Å²) in [6.45, 7) is 17.5. The fourth-order valence-corrected chi connectivity index (χ4v) is 11.8. The number of hydrogen-bond donors (Lipinski definition) is 6. The van der Waals surface area contributed by atoms with Crippen LogP contribution in [0.2, 0.25) is 0 Å². The smallest absolute Gasteiger partial charge is 0.304 e. The SMILES string of the molecule is CCCCCCC[n+]1noc(N)c1-c1cc(-c2c(N)on[n+]2CCCCCCC)cc(-c2c(N)on[n+]2CCCCCCC)c1.CCCCCCC[n+]1noc(N)c1-c1cc(-c2c(N)on[n+]2CCCCCCC)cc(-c2c(N)on[n+]2CCCCCCC)c1.O.O.O.[Cl-].[Cl-].[Cl-].[Cl-].[Cl-].[Cl-].